The fraction of sp³-hybridized carbons (Fsp3) is 0.364. The third-order valence-corrected chi connectivity index (χ3v) is 4.37. The smallest absolute Gasteiger partial charge is 0.354 e. The molecule has 1 N–H and O–H groups in total. The molecular weight excluding hydrogens is 384 g/mol. The van der Waals surface area contributed by atoms with Gasteiger partial charge >= 0.3 is 5.97 Å². The summed E-state index contributed by atoms with van der Waals surface area (Å²) < 4.78 is 10.6. The minimum atomic E-state index is -0.636. The highest BCUT2D eigenvalue weighted by atomic mass is 16.5. The van der Waals surface area contributed by atoms with E-state index in [1.165, 1.54) is 0 Å². The standard InChI is InChI=1S/C22H26N4O4/c1-4-29-22(28)18-12-19(26(25-18)17-8-6-5-7-9-17)21(27)24-14-16-10-11-20(23-13-16)30-15(2)3/h5-11,13,15,19H,4,12,14H2,1-3H3,(H,24,27). The summed E-state index contributed by atoms with van der Waals surface area (Å²) in [5.74, 6) is -0.193. The van der Waals surface area contributed by atoms with E-state index in [9.17, 15) is 9.59 Å². The number of nitrogens with zero attached hydrogens (tertiary/aromatic N) is 3. The lowest BCUT2D eigenvalue weighted by molar-refractivity contribution is -0.135. The highest BCUT2D eigenvalue weighted by Crippen LogP contribution is 2.25. The lowest BCUT2D eigenvalue weighted by Crippen LogP contribution is -2.42. The normalized spacial score (nSPS) is 15.7. The summed E-state index contributed by atoms with van der Waals surface area (Å²) in [5.41, 5.74) is 1.81. The molecule has 0 saturated heterocycles. The molecule has 2 aromatic rings. The number of para-hydroxylation sites is 1. The molecular formula is C22H26N4O4. The van der Waals surface area contributed by atoms with Crippen LogP contribution in [0.25, 0.3) is 0 Å². The fourth-order valence-corrected chi connectivity index (χ4v) is 3.00. The summed E-state index contributed by atoms with van der Waals surface area (Å²) in [6, 6.07) is 12.3. The molecule has 8 nitrogen and oxygen atoms in total. The quantitative estimate of drug-likeness (QED) is 0.673. The van der Waals surface area contributed by atoms with E-state index in [-0.39, 0.29) is 30.8 Å². The molecule has 2 heterocycles. The molecule has 3 rings (SSSR count). The number of carbonyl (C=O) groups is 2. The first-order chi connectivity index (χ1) is 14.5. The van der Waals surface area contributed by atoms with E-state index in [0.29, 0.717) is 12.4 Å². The van der Waals surface area contributed by atoms with E-state index in [1.807, 2.05) is 50.2 Å². The van der Waals surface area contributed by atoms with Gasteiger partial charge in [0, 0.05) is 25.2 Å². The highest BCUT2D eigenvalue weighted by Gasteiger charge is 2.36. The highest BCUT2D eigenvalue weighted by molar-refractivity contribution is 6.38. The zero-order valence-corrected chi connectivity index (χ0v) is 17.4. The van der Waals surface area contributed by atoms with Gasteiger partial charge in [0.05, 0.1) is 18.4 Å². The average Bonchev–Trinajstić information content (AvgIpc) is 3.19. The van der Waals surface area contributed by atoms with Crippen LogP contribution in [-0.4, -0.2) is 41.3 Å². The number of esters is 1. The maximum Gasteiger partial charge on any atom is 0.354 e. The summed E-state index contributed by atoms with van der Waals surface area (Å²) >= 11 is 0. The molecule has 1 atom stereocenters. The second-order valence-corrected chi connectivity index (χ2v) is 7.06. The second-order valence-electron chi connectivity index (χ2n) is 7.06. The Bertz CT molecular complexity index is 897. The topological polar surface area (TPSA) is 93.1 Å². The molecule has 1 amide bonds. The first-order valence-electron chi connectivity index (χ1n) is 9.96. The molecule has 1 aromatic heterocycles. The summed E-state index contributed by atoms with van der Waals surface area (Å²) in [6.07, 6.45) is 1.89. The maximum absolute atomic E-state index is 12.9. The van der Waals surface area contributed by atoms with Crippen LogP contribution in [0, 0.1) is 0 Å². The van der Waals surface area contributed by atoms with E-state index < -0.39 is 12.0 Å². The minimum absolute atomic E-state index is 0.0444. The van der Waals surface area contributed by atoms with Gasteiger partial charge in [0.15, 0.2) is 0 Å². The van der Waals surface area contributed by atoms with Gasteiger partial charge in [0.25, 0.3) is 0 Å². The van der Waals surface area contributed by atoms with Crippen molar-refractivity contribution >= 4 is 23.3 Å². The summed E-state index contributed by atoms with van der Waals surface area (Å²) in [4.78, 5) is 29.3. The molecule has 0 radical (unpaired) electrons. The molecule has 158 valence electrons. The van der Waals surface area contributed by atoms with Crippen LogP contribution in [-0.2, 0) is 20.9 Å². The number of carbonyl (C=O) groups excluding carboxylic acids is 2. The van der Waals surface area contributed by atoms with Crippen LogP contribution in [0.2, 0.25) is 0 Å². The van der Waals surface area contributed by atoms with E-state index in [1.54, 1.807) is 24.2 Å². The van der Waals surface area contributed by atoms with Crippen molar-refractivity contribution in [1.29, 1.82) is 0 Å². The lowest BCUT2D eigenvalue weighted by atomic mass is 10.1. The molecule has 0 fully saturated rings. The van der Waals surface area contributed by atoms with Crippen molar-refractivity contribution in [3.8, 4) is 5.88 Å². The van der Waals surface area contributed by atoms with Gasteiger partial charge in [0.1, 0.15) is 11.8 Å². The number of amides is 1. The summed E-state index contributed by atoms with van der Waals surface area (Å²) in [7, 11) is 0. The van der Waals surface area contributed by atoms with Crippen LogP contribution in [0.1, 0.15) is 32.8 Å². The molecule has 30 heavy (non-hydrogen) atoms. The van der Waals surface area contributed by atoms with Crippen molar-refractivity contribution in [2.24, 2.45) is 5.10 Å². The monoisotopic (exact) mass is 410 g/mol. The van der Waals surface area contributed by atoms with Gasteiger partial charge in [-0.2, -0.15) is 5.10 Å². The third kappa shape index (κ3) is 5.34. The van der Waals surface area contributed by atoms with Crippen molar-refractivity contribution in [3.05, 3.63) is 54.2 Å². The first kappa shape index (κ1) is 21.3. The van der Waals surface area contributed by atoms with Gasteiger partial charge in [-0.15, -0.1) is 0 Å². The lowest BCUT2D eigenvalue weighted by Gasteiger charge is -2.22. The Kier molecular flexibility index (Phi) is 7.00. The van der Waals surface area contributed by atoms with Gasteiger partial charge in [-0.25, -0.2) is 9.78 Å². The zero-order valence-electron chi connectivity index (χ0n) is 17.4. The van der Waals surface area contributed by atoms with Gasteiger partial charge < -0.3 is 14.8 Å². The molecule has 1 aliphatic rings. The number of benzene rings is 1. The van der Waals surface area contributed by atoms with Gasteiger partial charge in [0.2, 0.25) is 11.8 Å². The minimum Gasteiger partial charge on any atom is -0.475 e. The van der Waals surface area contributed by atoms with Crippen molar-refractivity contribution in [1.82, 2.24) is 10.3 Å². The number of pyridine rings is 1. The zero-order chi connectivity index (χ0) is 21.5. The Morgan fingerprint density at radius 1 is 1.20 bits per heavy atom. The van der Waals surface area contributed by atoms with E-state index >= 15 is 0 Å². The number of hydrazone groups is 1. The van der Waals surface area contributed by atoms with Crippen molar-refractivity contribution < 1.29 is 19.1 Å². The predicted octanol–water partition coefficient (Wildman–Crippen LogP) is 2.68. The van der Waals surface area contributed by atoms with Crippen LogP contribution in [0.3, 0.4) is 0 Å². The van der Waals surface area contributed by atoms with E-state index in [2.05, 4.69) is 15.4 Å². The Morgan fingerprint density at radius 2 is 1.97 bits per heavy atom. The summed E-state index contributed by atoms with van der Waals surface area (Å²) in [6.45, 7) is 6.16. The van der Waals surface area contributed by atoms with Crippen LogP contribution >= 0.6 is 0 Å². The Labute approximate surface area is 175 Å². The molecule has 0 spiro atoms. The predicted molar refractivity (Wildman–Crippen MR) is 113 cm³/mol. The molecule has 1 unspecified atom stereocenters. The largest absolute Gasteiger partial charge is 0.475 e. The molecule has 0 bridgehead atoms. The van der Waals surface area contributed by atoms with Crippen molar-refractivity contribution in [2.45, 2.75) is 45.9 Å². The number of rotatable bonds is 8. The van der Waals surface area contributed by atoms with E-state index in [0.717, 1.165) is 11.3 Å². The van der Waals surface area contributed by atoms with Crippen molar-refractivity contribution in [3.63, 3.8) is 0 Å². The van der Waals surface area contributed by atoms with Gasteiger partial charge in [-0.05, 0) is 38.5 Å². The summed E-state index contributed by atoms with van der Waals surface area (Å²) in [5, 5.41) is 8.83. The Hall–Kier alpha value is -3.42. The van der Waals surface area contributed by atoms with Crippen LogP contribution in [0.4, 0.5) is 5.69 Å². The number of aromatic nitrogens is 1. The van der Waals surface area contributed by atoms with Crippen LogP contribution in [0.15, 0.2) is 53.8 Å². The van der Waals surface area contributed by atoms with Gasteiger partial charge in [-0.1, -0.05) is 24.3 Å². The van der Waals surface area contributed by atoms with Crippen molar-refractivity contribution in [2.75, 3.05) is 11.6 Å². The maximum atomic E-state index is 12.9. The number of ether oxygens (including phenoxy) is 2. The van der Waals surface area contributed by atoms with Crippen LogP contribution < -0.4 is 15.1 Å². The van der Waals surface area contributed by atoms with Gasteiger partial charge in [-0.3, -0.25) is 9.80 Å². The fourth-order valence-electron chi connectivity index (χ4n) is 3.00. The molecule has 1 aliphatic heterocycles. The Balaban J connectivity index is 1.68. The van der Waals surface area contributed by atoms with Crippen LogP contribution in [0.5, 0.6) is 5.88 Å². The number of hydrogen-bond donors (Lipinski definition) is 1. The first-order valence-corrected chi connectivity index (χ1v) is 9.96. The third-order valence-electron chi connectivity index (χ3n) is 4.37. The molecule has 0 aliphatic carbocycles. The van der Waals surface area contributed by atoms with E-state index in [4.69, 9.17) is 9.47 Å². The number of hydrogen-bond acceptors (Lipinski definition) is 7. The molecule has 1 aromatic carbocycles. The second kappa shape index (κ2) is 9.87. The SMILES string of the molecule is CCOC(=O)C1=NN(c2ccccc2)C(C(=O)NCc2ccc(OC(C)C)nc2)C1. The number of nitrogens with one attached hydrogen (secondary N) is 1. The number of anilines is 1. The molecule has 0 saturated carbocycles. The Morgan fingerprint density at radius 3 is 2.60 bits per heavy atom. The average molecular weight is 410 g/mol. The molecule has 8 heteroatoms.